The lowest BCUT2D eigenvalue weighted by molar-refractivity contribution is -0.142. The van der Waals surface area contributed by atoms with E-state index in [-0.39, 0.29) is 10.7 Å². The fourth-order valence-corrected chi connectivity index (χ4v) is 6.60. The molecule has 0 aliphatic heterocycles. The lowest BCUT2D eigenvalue weighted by Crippen LogP contribution is -2.51. The predicted molar refractivity (Wildman–Crippen MR) is 86.7 cm³/mol. The second-order valence-electron chi connectivity index (χ2n) is 7.91. The van der Waals surface area contributed by atoms with Crippen molar-refractivity contribution in [3.05, 3.63) is 5.82 Å². The summed E-state index contributed by atoms with van der Waals surface area (Å²) < 4.78 is 1.98. The molecule has 1 aromatic heterocycles. The third kappa shape index (κ3) is 2.24. The van der Waals surface area contributed by atoms with E-state index < -0.39 is 0 Å². The van der Waals surface area contributed by atoms with Gasteiger partial charge in [0, 0.05) is 12.5 Å². The molecule has 4 fully saturated rings. The van der Waals surface area contributed by atoms with Crippen LogP contribution in [0.4, 0.5) is 0 Å². The van der Waals surface area contributed by atoms with Crippen molar-refractivity contribution >= 4 is 17.5 Å². The number of thioether (sulfide) groups is 1. The quantitative estimate of drug-likeness (QED) is 0.798. The van der Waals surface area contributed by atoms with Crippen LogP contribution in [0.5, 0.6) is 0 Å². The molecule has 0 saturated heterocycles. The lowest BCUT2D eigenvalue weighted by atomic mass is 9.48. The summed E-state index contributed by atoms with van der Waals surface area (Å²) >= 11 is 1.59. The molecule has 4 bridgehead atoms. The maximum atomic E-state index is 13.2. The average Bonchev–Trinajstić information content (AvgIpc) is 2.77. The Balaban J connectivity index is 1.52. The van der Waals surface area contributed by atoms with Gasteiger partial charge in [-0.1, -0.05) is 11.8 Å². The van der Waals surface area contributed by atoms with Crippen molar-refractivity contribution in [3.63, 3.8) is 0 Å². The van der Waals surface area contributed by atoms with Crippen LogP contribution in [0, 0.1) is 30.1 Å². The van der Waals surface area contributed by atoms with E-state index in [9.17, 15) is 4.79 Å². The van der Waals surface area contributed by atoms with Gasteiger partial charge in [0.15, 0.2) is 10.9 Å². The van der Waals surface area contributed by atoms with Crippen molar-refractivity contribution in [2.45, 2.75) is 62.8 Å². The third-order valence-electron chi connectivity index (χ3n) is 6.26. The van der Waals surface area contributed by atoms with Gasteiger partial charge in [0.25, 0.3) is 0 Å². The number of rotatable bonds is 4. The van der Waals surface area contributed by atoms with Gasteiger partial charge in [-0.05, 0) is 70.1 Å². The van der Waals surface area contributed by atoms with E-state index in [1.807, 2.05) is 18.5 Å². The standard InChI is InChI=1S/C17H25N3OS/c1-10(22-16-19-18-11(2)20(16)3)15(21)17-7-12-4-13(8-17)6-14(5-12)9-17/h10,12-14H,4-9H2,1-3H3. The summed E-state index contributed by atoms with van der Waals surface area (Å²) in [5.74, 6) is 3.85. The maximum absolute atomic E-state index is 13.2. The van der Waals surface area contributed by atoms with E-state index in [4.69, 9.17) is 0 Å². The monoisotopic (exact) mass is 319 g/mol. The van der Waals surface area contributed by atoms with Crippen molar-refractivity contribution in [2.75, 3.05) is 0 Å². The molecule has 1 aromatic rings. The maximum Gasteiger partial charge on any atom is 0.191 e. The van der Waals surface area contributed by atoms with Gasteiger partial charge in [-0.2, -0.15) is 0 Å². The first-order valence-corrected chi connectivity index (χ1v) is 9.42. The van der Waals surface area contributed by atoms with Crippen LogP contribution in [0.25, 0.3) is 0 Å². The summed E-state index contributed by atoms with van der Waals surface area (Å²) in [6.45, 7) is 4.01. The van der Waals surface area contributed by atoms with E-state index in [1.54, 1.807) is 11.8 Å². The fourth-order valence-electron chi connectivity index (χ4n) is 5.55. The minimum atomic E-state index is -0.0152. The summed E-state index contributed by atoms with van der Waals surface area (Å²) in [5, 5.41) is 9.16. The molecule has 5 rings (SSSR count). The van der Waals surface area contributed by atoms with E-state index in [1.165, 1.54) is 19.3 Å². The minimum Gasteiger partial charge on any atom is -0.309 e. The summed E-state index contributed by atoms with van der Waals surface area (Å²) in [4.78, 5) is 13.2. The molecule has 22 heavy (non-hydrogen) atoms. The Labute approximate surface area is 136 Å². The molecule has 1 unspecified atom stereocenters. The second kappa shape index (κ2) is 5.08. The average molecular weight is 319 g/mol. The molecular weight excluding hydrogens is 294 g/mol. The zero-order chi connectivity index (χ0) is 15.5. The van der Waals surface area contributed by atoms with Crippen LogP contribution in [-0.4, -0.2) is 25.8 Å². The van der Waals surface area contributed by atoms with E-state index in [0.29, 0.717) is 5.78 Å². The highest BCUT2D eigenvalue weighted by Gasteiger charge is 2.55. The van der Waals surface area contributed by atoms with Crippen molar-refractivity contribution < 1.29 is 4.79 Å². The van der Waals surface area contributed by atoms with Crippen molar-refractivity contribution in [1.29, 1.82) is 0 Å². The van der Waals surface area contributed by atoms with Gasteiger partial charge in [-0.25, -0.2) is 0 Å². The Morgan fingerprint density at radius 1 is 1.18 bits per heavy atom. The Hall–Kier alpha value is -0.840. The van der Waals surface area contributed by atoms with Crippen LogP contribution >= 0.6 is 11.8 Å². The first kappa shape index (κ1) is 14.7. The van der Waals surface area contributed by atoms with Crippen LogP contribution in [0.2, 0.25) is 0 Å². The van der Waals surface area contributed by atoms with Gasteiger partial charge in [0.2, 0.25) is 0 Å². The zero-order valence-electron chi connectivity index (χ0n) is 13.7. The highest BCUT2D eigenvalue weighted by molar-refractivity contribution is 8.00. The predicted octanol–water partition coefficient (Wildman–Crippen LogP) is 3.39. The van der Waals surface area contributed by atoms with Crippen molar-refractivity contribution in [1.82, 2.24) is 14.8 Å². The van der Waals surface area contributed by atoms with Gasteiger partial charge >= 0.3 is 0 Å². The minimum absolute atomic E-state index is 0.00515. The highest BCUT2D eigenvalue weighted by Crippen LogP contribution is 2.61. The Kier molecular flexibility index (Phi) is 3.40. The molecule has 4 aliphatic carbocycles. The van der Waals surface area contributed by atoms with Gasteiger partial charge in [-0.3, -0.25) is 4.79 Å². The van der Waals surface area contributed by atoms with Gasteiger partial charge in [-0.15, -0.1) is 10.2 Å². The molecule has 0 N–H and O–H groups in total. The van der Waals surface area contributed by atoms with E-state index in [0.717, 1.165) is 48.0 Å². The van der Waals surface area contributed by atoms with Gasteiger partial charge < -0.3 is 4.57 Å². The summed E-state index contributed by atoms with van der Waals surface area (Å²) in [6, 6.07) is 0. The number of ketones is 1. The normalized spacial score (nSPS) is 37.5. The number of carbonyl (C=O) groups excluding carboxylic acids is 1. The van der Waals surface area contributed by atoms with Crippen molar-refractivity contribution in [3.8, 4) is 0 Å². The molecule has 0 radical (unpaired) electrons. The summed E-state index contributed by atoms with van der Waals surface area (Å²) in [5.41, 5.74) is -0.00515. The lowest BCUT2D eigenvalue weighted by Gasteiger charge is -2.56. The Morgan fingerprint density at radius 3 is 2.18 bits per heavy atom. The van der Waals surface area contributed by atoms with Crippen LogP contribution in [0.3, 0.4) is 0 Å². The van der Waals surface area contributed by atoms with Crippen LogP contribution in [0.15, 0.2) is 5.16 Å². The molecule has 1 atom stereocenters. The molecule has 0 spiro atoms. The van der Waals surface area contributed by atoms with Crippen molar-refractivity contribution in [2.24, 2.45) is 30.2 Å². The Morgan fingerprint density at radius 2 is 1.73 bits per heavy atom. The topological polar surface area (TPSA) is 47.8 Å². The fraction of sp³-hybridized carbons (Fsp3) is 0.824. The number of carbonyl (C=O) groups is 1. The van der Waals surface area contributed by atoms with Crippen LogP contribution in [-0.2, 0) is 11.8 Å². The second-order valence-corrected chi connectivity index (χ2v) is 9.22. The number of aryl methyl sites for hydroxylation is 1. The van der Waals surface area contributed by atoms with Gasteiger partial charge in [0.05, 0.1) is 5.25 Å². The first-order chi connectivity index (χ1) is 10.5. The highest BCUT2D eigenvalue weighted by atomic mass is 32.2. The molecule has 0 aromatic carbocycles. The Bertz CT molecular complexity index is 574. The van der Waals surface area contributed by atoms with Gasteiger partial charge in [0.1, 0.15) is 5.82 Å². The third-order valence-corrected chi connectivity index (χ3v) is 7.40. The molecule has 4 nitrogen and oxygen atoms in total. The largest absolute Gasteiger partial charge is 0.309 e. The number of hydrogen-bond donors (Lipinski definition) is 0. The summed E-state index contributed by atoms with van der Waals surface area (Å²) in [7, 11) is 1.97. The molecule has 4 aliphatic rings. The molecule has 0 amide bonds. The molecule has 120 valence electrons. The number of aromatic nitrogens is 3. The zero-order valence-corrected chi connectivity index (χ0v) is 14.5. The SMILES string of the molecule is Cc1nnc(SC(C)C(=O)C23CC4CC(CC(C4)C2)C3)n1C. The first-order valence-electron chi connectivity index (χ1n) is 8.54. The molecular formula is C17H25N3OS. The summed E-state index contributed by atoms with van der Waals surface area (Å²) in [6.07, 6.45) is 7.62. The number of Topliss-reactive ketones (excluding diaryl/α,β-unsaturated/α-hetero) is 1. The van der Waals surface area contributed by atoms with Crippen LogP contribution in [0.1, 0.15) is 51.3 Å². The van der Waals surface area contributed by atoms with E-state index >= 15 is 0 Å². The van der Waals surface area contributed by atoms with E-state index in [2.05, 4.69) is 17.1 Å². The molecule has 4 saturated carbocycles. The molecule has 1 heterocycles. The molecule has 5 heteroatoms. The van der Waals surface area contributed by atoms with Crippen LogP contribution < -0.4 is 0 Å². The smallest absolute Gasteiger partial charge is 0.191 e. The number of hydrogen-bond acceptors (Lipinski definition) is 4. The number of nitrogens with zero attached hydrogens (tertiary/aromatic N) is 3.